The van der Waals surface area contributed by atoms with Crippen molar-refractivity contribution in [3.8, 4) is 0 Å². The fourth-order valence-electron chi connectivity index (χ4n) is 2.01. The second-order valence-corrected chi connectivity index (χ2v) is 4.14. The summed E-state index contributed by atoms with van der Waals surface area (Å²) < 4.78 is 7.85. The van der Waals surface area contributed by atoms with Crippen LogP contribution in [0.3, 0.4) is 0 Å². The quantitative estimate of drug-likeness (QED) is 0.577. The molecular weight excluding hydrogens is 234 g/mol. The van der Waals surface area contributed by atoms with E-state index in [2.05, 4.69) is 5.10 Å². The summed E-state index contributed by atoms with van der Waals surface area (Å²) in [7, 11) is 0. The number of carbonyl (C=O) groups is 1. The summed E-state index contributed by atoms with van der Waals surface area (Å²) in [5, 5.41) is 4.26. The van der Waals surface area contributed by atoms with Crippen LogP contribution >= 0.6 is 0 Å². The predicted octanol–water partition coefficient (Wildman–Crippen LogP) is 0.500. The summed E-state index contributed by atoms with van der Waals surface area (Å²) in [6.45, 7) is 3.15. The maximum absolute atomic E-state index is 11.9. The van der Waals surface area contributed by atoms with E-state index in [1.807, 2.05) is 0 Å². The van der Waals surface area contributed by atoms with Gasteiger partial charge in [0.05, 0.1) is 13.2 Å². The van der Waals surface area contributed by atoms with Crippen molar-refractivity contribution in [3.05, 3.63) is 28.5 Å². The minimum absolute atomic E-state index is 0.0989. The van der Waals surface area contributed by atoms with Crippen molar-refractivity contribution in [2.75, 3.05) is 6.61 Å². The van der Waals surface area contributed by atoms with Crippen molar-refractivity contribution in [1.82, 2.24) is 14.3 Å². The lowest BCUT2D eigenvalue weighted by Crippen LogP contribution is -2.26. The number of esters is 1. The number of ether oxygens (including phenoxy) is 1. The molecular formula is C12H17N3O3. The summed E-state index contributed by atoms with van der Waals surface area (Å²) in [6, 6.07) is 0. The second kappa shape index (κ2) is 5.66. The van der Waals surface area contributed by atoms with Crippen LogP contribution in [-0.2, 0) is 29.0 Å². The fraction of sp³-hybridized carbons (Fsp3) is 0.583. The predicted molar refractivity (Wildman–Crippen MR) is 65.2 cm³/mol. The first-order valence-corrected chi connectivity index (χ1v) is 6.22. The summed E-state index contributed by atoms with van der Waals surface area (Å²) in [5.41, 5.74) is -0.0989. The zero-order chi connectivity index (χ0) is 13.0. The van der Waals surface area contributed by atoms with E-state index in [0.29, 0.717) is 13.2 Å². The molecule has 6 heteroatoms. The molecule has 6 nitrogen and oxygen atoms in total. The molecule has 18 heavy (non-hydrogen) atoms. The number of carbonyl (C=O) groups excluding carboxylic acids is 1. The summed E-state index contributed by atoms with van der Waals surface area (Å²) in [4.78, 5) is 23.0. The van der Waals surface area contributed by atoms with Gasteiger partial charge in [-0.2, -0.15) is 5.10 Å². The lowest BCUT2D eigenvalue weighted by molar-refractivity contribution is -0.137. The van der Waals surface area contributed by atoms with Gasteiger partial charge in [0.2, 0.25) is 0 Å². The number of allylic oxidation sites excluding steroid dienone is 1. The van der Waals surface area contributed by atoms with Crippen LogP contribution in [0.1, 0.15) is 25.6 Å². The molecule has 0 N–H and O–H groups in total. The van der Waals surface area contributed by atoms with Crippen LogP contribution in [0.25, 0.3) is 0 Å². The van der Waals surface area contributed by atoms with E-state index in [4.69, 9.17) is 4.74 Å². The van der Waals surface area contributed by atoms with Gasteiger partial charge in [-0.15, -0.1) is 0 Å². The molecule has 2 rings (SSSR count). The normalized spacial score (nSPS) is 14.7. The molecule has 2 heterocycles. The molecule has 0 saturated heterocycles. The molecule has 1 aromatic heterocycles. The molecule has 0 atom stereocenters. The van der Waals surface area contributed by atoms with Crippen LogP contribution in [-0.4, -0.2) is 26.9 Å². The number of hydrogen-bond acceptors (Lipinski definition) is 4. The largest absolute Gasteiger partial charge is 0.463 e. The van der Waals surface area contributed by atoms with Gasteiger partial charge in [-0.3, -0.25) is 4.57 Å². The van der Waals surface area contributed by atoms with Gasteiger partial charge in [-0.1, -0.05) is 6.08 Å². The molecule has 0 amide bonds. The standard InChI is InChI=1S/C12H17N3O3/c1-2-18-11(16)7-5-9-15-12(17)14-8-4-3-6-10(14)13-15/h5,7H,2-4,6,8-9H2,1H3/b7-5+. The van der Waals surface area contributed by atoms with Crippen molar-refractivity contribution in [3.63, 3.8) is 0 Å². The van der Waals surface area contributed by atoms with Crippen molar-refractivity contribution in [1.29, 1.82) is 0 Å². The molecule has 0 bridgehead atoms. The highest BCUT2D eigenvalue weighted by Gasteiger charge is 2.15. The molecule has 0 aromatic carbocycles. The minimum atomic E-state index is -0.394. The number of aromatic nitrogens is 3. The maximum atomic E-state index is 11.9. The van der Waals surface area contributed by atoms with E-state index < -0.39 is 5.97 Å². The average Bonchev–Trinajstić information content (AvgIpc) is 2.68. The van der Waals surface area contributed by atoms with Crippen LogP contribution < -0.4 is 5.69 Å². The average molecular weight is 251 g/mol. The summed E-state index contributed by atoms with van der Waals surface area (Å²) in [6.07, 6.45) is 5.88. The first-order chi connectivity index (χ1) is 8.72. The van der Waals surface area contributed by atoms with E-state index >= 15 is 0 Å². The highest BCUT2D eigenvalue weighted by atomic mass is 16.5. The second-order valence-electron chi connectivity index (χ2n) is 4.14. The molecule has 0 fully saturated rings. The van der Waals surface area contributed by atoms with E-state index in [0.717, 1.165) is 31.6 Å². The van der Waals surface area contributed by atoms with Crippen LogP contribution in [0.2, 0.25) is 0 Å². The van der Waals surface area contributed by atoms with Gasteiger partial charge in [0.1, 0.15) is 5.82 Å². The van der Waals surface area contributed by atoms with Gasteiger partial charge < -0.3 is 4.74 Å². The highest BCUT2D eigenvalue weighted by Crippen LogP contribution is 2.09. The smallest absolute Gasteiger partial charge is 0.346 e. The number of aryl methyl sites for hydroxylation is 1. The van der Waals surface area contributed by atoms with E-state index in [-0.39, 0.29) is 5.69 Å². The topological polar surface area (TPSA) is 66.1 Å². The molecule has 0 aliphatic carbocycles. The Labute approximate surface area is 105 Å². The highest BCUT2D eigenvalue weighted by molar-refractivity contribution is 5.81. The Morgan fingerprint density at radius 3 is 3.06 bits per heavy atom. The number of hydrogen-bond donors (Lipinski definition) is 0. The van der Waals surface area contributed by atoms with Gasteiger partial charge in [-0.05, 0) is 19.8 Å². The number of rotatable bonds is 4. The molecule has 0 unspecified atom stereocenters. The Balaban J connectivity index is 2.04. The van der Waals surface area contributed by atoms with Gasteiger partial charge in [-0.25, -0.2) is 14.3 Å². The van der Waals surface area contributed by atoms with Crippen LogP contribution in [0, 0.1) is 0 Å². The third-order valence-corrected chi connectivity index (χ3v) is 2.85. The van der Waals surface area contributed by atoms with E-state index in [1.165, 1.54) is 10.8 Å². The Morgan fingerprint density at radius 2 is 2.33 bits per heavy atom. The zero-order valence-electron chi connectivity index (χ0n) is 10.5. The van der Waals surface area contributed by atoms with Crippen molar-refractivity contribution in [2.24, 2.45) is 0 Å². The van der Waals surface area contributed by atoms with Gasteiger partial charge in [0.15, 0.2) is 0 Å². The van der Waals surface area contributed by atoms with Gasteiger partial charge >= 0.3 is 11.7 Å². The molecule has 1 aromatic rings. The lowest BCUT2D eigenvalue weighted by atomic mass is 10.2. The molecule has 98 valence electrons. The van der Waals surface area contributed by atoms with Crippen LogP contribution in [0.5, 0.6) is 0 Å². The van der Waals surface area contributed by atoms with Crippen LogP contribution in [0.15, 0.2) is 16.9 Å². The summed E-state index contributed by atoms with van der Waals surface area (Å²) >= 11 is 0. The van der Waals surface area contributed by atoms with Crippen molar-refractivity contribution < 1.29 is 9.53 Å². The Morgan fingerprint density at radius 1 is 1.50 bits per heavy atom. The maximum Gasteiger partial charge on any atom is 0.346 e. The van der Waals surface area contributed by atoms with Gasteiger partial charge in [0.25, 0.3) is 0 Å². The summed E-state index contributed by atoms with van der Waals surface area (Å²) in [5.74, 6) is 0.449. The minimum Gasteiger partial charge on any atom is -0.463 e. The van der Waals surface area contributed by atoms with E-state index in [9.17, 15) is 9.59 Å². The van der Waals surface area contributed by atoms with Crippen molar-refractivity contribution in [2.45, 2.75) is 39.3 Å². The van der Waals surface area contributed by atoms with Crippen molar-refractivity contribution >= 4 is 5.97 Å². The monoisotopic (exact) mass is 251 g/mol. The first-order valence-electron chi connectivity index (χ1n) is 6.22. The Kier molecular flexibility index (Phi) is 3.96. The number of fused-ring (bicyclic) bond motifs is 1. The fourth-order valence-corrected chi connectivity index (χ4v) is 2.01. The van der Waals surface area contributed by atoms with E-state index in [1.54, 1.807) is 17.6 Å². The third-order valence-electron chi connectivity index (χ3n) is 2.85. The van der Waals surface area contributed by atoms with Crippen LogP contribution in [0.4, 0.5) is 0 Å². The first kappa shape index (κ1) is 12.6. The van der Waals surface area contributed by atoms with Gasteiger partial charge in [0, 0.05) is 19.0 Å². The zero-order valence-corrected chi connectivity index (χ0v) is 10.5. The molecule has 0 spiro atoms. The number of nitrogens with zero attached hydrogens (tertiary/aromatic N) is 3. The Bertz CT molecular complexity index is 513. The SMILES string of the molecule is CCOC(=O)/C=C/Cn1nc2n(c1=O)CCCC2. The molecule has 1 aliphatic heterocycles. The molecule has 0 saturated carbocycles. The third kappa shape index (κ3) is 2.69. The lowest BCUT2D eigenvalue weighted by Gasteiger charge is -2.09. The molecule has 1 aliphatic rings. The molecule has 0 radical (unpaired) electrons. The Hall–Kier alpha value is -1.85.